The van der Waals surface area contributed by atoms with Gasteiger partial charge >= 0.3 is 0 Å². The summed E-state index contributed by atoms with van der Waals surface area (Å²) in [6, 6.07) is 6.03. The maximum atomic E-state index is 9.77. The first-order valence-electron chi connectivity index (χ1n) is 4.80. The average molecular weight is 239 g/mol. The smallest absolute Gasteiger partial charge is 0.121 e. The standard InChI is InChI=1S/C11H13NO3S/c12-6-7-1-2-9(13)8(5-7)11(15)10(14)3-4-16/h1-2,5,10-11,13-16H,3-4H2. The maximum Gasteiger partial charge on any atom is 0.121 e. The second-order valence-electron chi connectivity index (χ2n) is 3.41. The van der Waals surface area contributed by atoms with E-state index in [0.717, 1.165) is 0 Å². The molecule has 0 fully saturated rings. The summed E-state index contributed by atoms with van der Waals surface area (Å²) >= 11 is 3.95. The van der Waals surface area contributed by atoms with Gasteiger partial charge in [-0.3, -0.25) is 0 Å². The summed E-state index contributed by atoms with van der Waals surface area (Å²) in [5, 5.41) is 37.5. The molecule has 0 saturated heterocycles. The van der Waals surface area contributed by atoms with E-state index < -0.39 is 12.2 Å². The van der Waals surface area contributed by atoms with Crippen molar-refractivity contribution in [2.24, 2.45) is 0 Å². The number of hydrogen-bond donors (Lipinski definition) is 4. The van der Waals surface area contributed by atoms with E-state index in [1.54, 1.807) is 0 Å². The van der Waals surface area contributed by atoms with Gasteiger partial charge in [-0.15, -0.1) is 0 Å². The fourth-order valence-electron chi connectivity index (χ4n) is 1.36. The minimum atomic E-state index is -1.21. The van der Waals surface area contributed by atoms with Crippen molar-refractivity contribution in [3.8, 4) is 11.8 Å². The Balaban J connectivity index is 2.98. The predicted molar refractivity (Wildman–Crippen MR) is 62.3 cm³/mol. The second kappa shape index (κ2) is 5.75. The third-order valence-corrected chi connectivity index (χ3v) is 2.52. The first-order valence-corrected chi connectivity index (χ1v) is 5.43. The summed E-state index contributed by atoms with van der Waals surface area (Å²) in [5.41, 5.74) is 0.484. The van der Waals surface area contributed by atoms with E-state index in [2.05, 4.69) is 12.6 Å². The molecule has 0 radical (unpaired) electrons. The molecular formula is C11H13NO3S. The SMILES string of the molecule is N#Cc1ccc(O)c(C(O)C(O)CCS)c1. The highest BCUT2D eigenvalue weighted by atomic mass is 32.1. The molecule has 1 aromatic carbocycles. The lowest BCUT2D eigenvalue weighted by atomic mass is 10.00. The Bertz CT molecular complexity index is 403. The van der Waals surface area contributed by atoms with Crippen LogP contribution in [0.5, 0.6) is 5.75 Å². The van der Waals surface area contributed by atoms with Crippen LogP contribution in [-0.4, -0.2) is 27.2 Å². The third-order valence-electron chi connectivity index (χ3n) is 2.26. The van der Waals surface area contributed by atoms with E-state index in [0.29, 0.717) is 17.7 Å². The van der Waals surface area contributed by atoms with E-state index in [-0.39, 0.29) is 11.3 Å². The summed E-state index contributed by atoms with van der Waals surface area (Å²) in [6.45, 7) is 0. The number of hydrogen-bond acceptors (Lipinski definition) is 5. The molecule has 3 N–H and O–H groups in total. The van der Waals surface area contributed by atoms with Crippen LogP contribution in [0.25, 0.3) is 0 Å². The van der Waals surface area contributed by atoms with E-state index >= 15 is 0 Å². The fourth-order valence-corrected chi connectivity index (χ4v) is 1.62. The summed E-state index contributed by atoms with van der Waals surface area (Å²) in [5.74, 6) is 0.293. The van der Waals surface area contributed by atoms with Crippen LogP contribution in [0.3, 0.4) is 0 Å². The molecule has 86 valence electrons. The van der Waals surface area contributed by atoms with Crippen LogP contribution in [0, 0.1) is 11.3 Å². The highest BCUT2D eigenvalue weighted by Crippen LogP contribution is 2.28. The minimum Gasteiger partial charge on any atom is -0.508 e. The van der Waals surface area contributed by atoms with Crippen molar-refractivity contribution >= 4 is 12.6 Å². The first-order chi connectivity index (χ1) is 7.60. The Morgan fingerprint density at radius 1 is 1.38 bits per heavy atom. The van der Waals surface area contributed by atoms with Crippen molar-refractivity contribution in [2.75, 3.05) is 5.75 Å². The van der Waals surface area contributed by atoms with Crippen LogP contribution in [0.2, 0.25) is 0 Å². The van der Waals surface area contributed by atoms with E-state index in [9.17, 15) is 15.3 Å². The Kier molecular flexibility index (Phi) is 4.62. The van der Waals surface area contributed by atoms with Crippen LogP contribution in [-0.2, 0) is 0 Å². The van der Waals surface area contributed by atoms with Crippen molar-refractivity contribution in [3.05, 3.63) is 29.3 Å². The molecule has 2 unspecified atom stereocenters. The molecule has 0 aliphatic heterocycles. The van der Waals surface area contributed by atoms with Crippen LogP contribution in [0.4, 0.5) is 0 Å². The van der Waals surface area contributed by atoms with E-state index in [1.807, 2.05) is 6.07 Å². The molecule has 0 amide bonds. The zero-order valence-electron chi connectivity index (χ0n) is 8.54. The lowest BCUT2D eigenvalue weighted by Gasteiger charge is -2.18. The van der Waals surface area contributed by atoms with Crippen LogP contribution >= 0.6 is 12.6 Å². The Morgan fingerprint density at radius 2 is 2.06 bits per heavy atom. The average Bonchev–Trinajstić information content (AvgIpc) is 2.29. The van der Waals surface area contributed by atoms with Gasteiger partial charge in [-0.05, 0) is 30.4 Å². The zero-order chi connectivity index (χ0) is 12.1. The monoisotopic (exact) mass is 239 g/mol. The number of phenolic OH excluding ortho intramolecular Hbond substituents is 1. The number of aromatic hydroxyl groups is 1. The van der Waals surface area contributed by atoms with Crippen molar-refractivity contribution in [1.82, 2.24) is 0 Å². The highest BCUT2D eigenvalue weighted by molar-refractivity contribution is 7.80. The summed E-state index contributed by atoms with van der Waals surface area (Å²) in [7, 11) is 0. The molecular weight excluding hydrogens is 226 g/mol. The van der Waals surface area contributed by atoms with Gasteiger partial charge in [0.25, 0.3) is 0 Å². The molecule has 0 aromatic heterocycles. The van der Waals surface area contributed by atoms with E-state index in [1.165, 1.54) is 18.2 Å². The summed E-state index contributed by atoms with van der Waals surface area (Å²) in [6.07, 6.45) is -1.90. The lowest BCUT2D eigenvalue weighted by molar-refractivity contribution is 0.0159. The predicted octanol–water partition coefficient (Wildman–Crippen LogP) is 0.978. The Morgan fingerprint density at radius 3 is 2.62 bits per heavy atom. The third kappa shape index (κ3) is 2.89. The number of nitriles is 1. The van der Waals surface area contributed by atoms with Gasteiger partial charge in [-0.2, -0.15) is 17.9 Å². The number of benzene rings is 1. The van der Waals surface area contributed by atoms with Gasteiger partial charge in [0.1, 0.15) is 11.9 Å². The summed E-state index contributed by atoms with van der Waals surface area (Å²) in [4.78, 5) is 0. The number of phenols is 1. The normalized spacial score (nSPS) is 14.1. The van der Waals surface area contributed by atoms with Gasteiger partial charge in [-0.1, -0.05) is 0 Å². The number of aliphatic hydroxyl groups is 2. The number of nitrogens with zero attached hydrogens (tertiary/aromatic N) is 1. The van der Waals surface area contributed by atoms with Gasteiger partial charge in [0.05, 0.1) is 17.7 Å². The fraction of sp³-hybridized carbons (Fsp3) is 0.364. The molecule has 0 bridgehead atoms. The second-order valence-corrected chi connectivity index (χ2v) is 3.86. The van der Waals surface area contributed by atoms with Crippen molar-refractivity contribution in [2.45, 2.75) is 18.6 Å². The molecule has 0 spiro atoms. The Labute approximate surface area is 99.2 Å². The topological polar surface area (TPSA) is 84.5 Å². The summed E-state index contributed by atoms with van der Waals surface area (Å²) < 4.78 is 0. The zero-order valence-corrected chi connectivity index (χ0v) is 9.43. The van der Waals surface area contributed by atoms with Crippen LogP contribution in [0.1, 0.15) is 23.7 Å². The number of thiol groups is 1. The highest BCUT2D eigenvalue weighted by Gasteiger charge is 2.20. The van der Waals surface area contributed by atoms with E-state index in [4.69, 9.17) is 5.26 Å². The van der Waals surface area contributed by atoms with Crippen LogP contribution < -0.4 is 0 Å². The Hall–Kier alpha value is -1.22. The molecule has 16 heavy (non-hydrogen) atoms. The molecule has 1 rings (SSSR count). The van der Waals surface area contributed by atoms with Crippen molar-refractivity contribution in [1.29, 1.82) is 5.26 Å². The van der Waals surface area contributed by atoms with Crippen molar-refractivity contribution < 1.29 is 15.3 Å². The molecule has 0 aliphatic rings. The van der Waals surface area contributed by atoms with Gasteiger partial charge < -0.3 is 15.3 Å². The molecule has 1 aromatic rings. The first kappa shape index (κ1) is 12.8. The molecule has 2 atom stereocenters. The quantitative estimate of drug-likeness (QED) is 0.590. The molecule has 5 heteroatoms. The lowest BCUT2D eigenvalue weighted by Crippen LogP contribution is -2.18. The number of aliphatic hydroxyl groups excluding tert-OH is 2. The molecule has 0 saturated carbocycles. The molecule has 0 aliphatic carbocycles. The van der Waals surface area contributed by atoms with Gasteiger partial charge in [-0.25, -0.2) is 0 Å². The largest absolute Gasteiger partial charge is 0.508 e. The van der Waals surface area contributed by atoms with Crippen LogP contribution in [0.15, 0.2) is 18.2 Å². The van der Waals surface area contributed by atoms with Crippen molar-refractivity contribution in [3.63, 3.8) is 0 Å². The molecule has 4 nitrogen and oxygen atoms in total. The number of rotatable bonds is 4. The van der Waals surface area contributed by atoms with Gasteiger partial charge in [0, 0.05) is 5.56 Å². The molecule has 0 heterocycles. The van der Waals surface area contributed by atoms with Gasteiger partial charge in [0.2, 0.25) is 0 Å². The minimum absolute atomic E-state index is 0.135. The van der Waals surface area contributed by atoms with Gasteiger partial charge in [0.15, 0.2) is 0 Å². The maximum absolute atomic E-state index is 9.77.